The molecular formula is C22H17ClN4O3. The predicted octanol–water partition coefficient (Wildman–Crippen LogP) is 4.18. The van der Waals surface area contributed by atoms with Crippen molar-refractivity contribution in [1.82, 2.24) is 14.5 Å². The number of para-hydroxylation sites is 1. The zero-order valence-electron chi connectivity index (χ0n) is 16.0. The number of aryl methyl sites for hydroxylation is 1. The number of imidazole rings is 1. The second kappa shape index (κ2) is 8.34. The fraction of sp³-hybridized carbons (Fsp3) is 0.0909. The Balaban J connectivity index is 1.46. The number of aromatic nitrogens is 3. The fourth-order valence-electron chi connectivity index (χ4n) is 3.07. The molecular weight excluding hydrogens is 404 g/mol. The molecule has 0 bridgehead atoms. The van der Waals surface area contributed by atoms with Crippen molar-refractivity contribution in [2.24, 2.45) is 0 Å². The number of amides is 1. The largest absolute Gasteiger partial charge is 0.452 e. The van der Waals surface area contributed by atoms with Crippen molar-refractivity contribution in [2.75, 3.05) is 11.9 Å². The number of benzene rings is 2. The lowest BCUT2D eigenvalue weighted by Gasteiger charge is -2.08. The molecule has 7 nitrogen and oxygen atoms in total. The van der Waals surface area contributed by atoms with Crippen LogP contribution in [0.3, 0.4) is 0 Å². The van der Waals surface area contributed by atoms with E-state index in [9.17, 15) is 9.59 Å². The molecule has 2 heterocycles. The van der Waals surface area contributed by atoms with Crippen molar-refractivity contribution in [3.05, 3.63) is 83.3 Å². The third kappa shape index (κ3) is 4.16. The number of nitrogens with zero attached hydrogens (tertiary/aromatic N) is 3. The average Bonchev–Trinajstić information content (AvgIpc) is 3.09. The minimum Gasteiger partial charge on any atom is -0.452 e. The van der Waals surface area contributed by atoms with Gasteiger partial charge in [-0.15, -0.1) is 0 Å². The molecule has 0 unspecified atom stereocenters. The molecule has 1 amide bonds. The Morgan fingerprint density at radius 2 is 1.90 bits per heavy atom. The third-order valence-electron chi connectivity index (χ3n) is 4.40. The maximum Gasteiger partial charge on any atom is 0.338 e. The summed E-state index contributed by atoms with van der Waals surface area (Å²) in [5.41, 5.74) is 2.85. The molecule has 0 aliphatic carbocycles. The quantitative estimate of drug-likeness (QED) is 0.489. The number of carbonyl (C=O) groups is 2. The third-order valence-corrected chi connectivity index (χ3v) is 4.63. The molecule has 0 saturated heterocycles. The summed E-state index contributed by atoms with van der Waals surface area (Å²) in [5.74, 6) is 0.0202. The lowest BCUT2D eigenvalue weighted by atomic mass is 10.2. The molecule has 4 rings (SSSR count). The highest BCUT2D eigenvalue weighted by atomic mass is 35.5. The second-order valence-electron chi connectivity index (χ2n) is 6.52. The number of fused-ring (bicyclic) bond motifs is 1. The van der Waals surface area contributed by atoms with Gasteiger partial charge >= 0.3 is 5.97 Å². The number of carbonyl (C=O) groups excluding carboxylic acids is 2. The molecule has 4 aromatic rings. The standard InChI is InChI=1S/C22H17ClN4O3/c1-14-25-18-11-15(7-9-19(18)27(14)17-5-3-2-4-6-17)22(29)30-13-21(28)26-20-10-8-16(23)12-24-20/h2-12H,13H2,1H3,(H,24,26,28). The number of anilines is 1. The monoisotopic (exact) mass is 420 g/mol. The topological polar surface area (TPSA) is 86.1 Å². The second-order valence-corrected chi connectivity index (χ2v) is 6.96. The maximum atomic E-state index is 12.4. The molecule has 150 valence electrons. The molecule has 0 saturated carbocycles. The molecule has 0 aliphatic heterocycles. The zero-order valence-corrected chi connectivity index (χ0v) is 16.8. The molecule has 30 heavy (non-hydrogen) atoms. The van der Waals surface area contributed by atoms with Crippen LogP contribution < -0.4 is 5.32 Å². The van der Waals surface area contributed by atoms with E-state index in [2.05, 4.69) is 15.3 Å². The number of pyridine rings is 1. The summed E-state index contributed by atoms with van der Waals surface area (Å²) in [6, 6.07) is 18.1. The summed E-state index contributed by atoms with van der Waals surface area (Å²) in [6.45, 7) is 1.47. The lowest BCUT2D eigenvalue weighted by molar-refractivity contribution is -0.119. The van der Waals surface area contributed by atoms with Gasteiger partial charge in [-0.25, -0.2) is 14.8 Å². The van der Waals surface area contributed by atoms with Crippen molar-refractivity contribution in [3.63, 3.8) is 0 Å². The van der Waals surface area contributed by atoms with E-state index in [0.717, 1.165) is 17.0 Å². The van der Waals surface area contributed by atoms with Gasteiger partial charge in [-0.3, -0.25) is 9.36 Å². The summed E-state index contributed by atoms with van der Waals surface area (Å²) in [4.78, 5) is 32.9. The summed E-state index contributed by atoms with van der Waals surface area (Å²) in [6.07, 6.45) is 1.41. The Bertz CT molecular complexity index is 1220. The van der Waals surface area contributed by atoms with Crippen LogP contribution in [0.25, 0.3) is 16.7 Å². The Hall–Kier alpha value is -3.71. The van der Waals surface area contributed by atoms with Crippen LogP contribution in [-0.4, -0.2) is 33.0 Å². The van der Waals surface area contributed by atoms with Crippen LogP contribution in [0, 0.1) is 6.92 Å². The molecule has 1 N–H and O–H groups in total. The van der Waals surface area contributed by atoms with Gasteiger partial charge in [0.1, 0.15) is 11.6 Å². The maximum absolute atomic E-state index is 12.4. The number of hydrogen-bond donors (Lipinski definition) is 1. The highest BCUT2D eigenvalue weighted by Gasteiger charge is 2.15. The normalized spacial score (nSPS) is 10.7. The van der Waals surface area contributed by atoms with Crippen LogP contribution >= 0.6 is 11.6 Å². The first-order chi connectivity index (χ1) is 14.5. The van der Waals surface area contributed by atoms with Gasteiger partial charge < -0.3 is 10.1 Å². The van der Waals surface area contributed by atoms with Gasteiger partial charge in [0, 0.05) is 11.9 Å². The summed E-state index contributed by atoms with van der Waals surface area (Å²) in [7, 11) is 0. The molecule has 0 radical (unpaired) electrons. The molecule has 0 atom stereocenters. The molecule has 0 aliphatic rings. The van der Waals surface area contributed by atoms with Crippen LogP contribution in [0.1, 0.15) is 16.2 Å². The molecule has 2 aromatic heterocycles. The smallest absolute Gasteiger partial charge is 0.338 e. The SMILES string of the molecule is Cc1nc2cc(C(=O)OCC(=O)Nc3ccc(Cl)cn3)ccc2n1-c1ccccc1. The first-order valence-corrected chi connectivity index (χ1v) is 9.52. The summed E-state index contributed by atoms with van der Waals surface area (Å²) < 4.78 is 7.13. The van der Waals surface area contributed by atoms with Crippen LogP contribution in [0.2, 0.25) is 5.02 Å². The molecule has 8 heteroatoms. The van der Waals surface area contributed by atoms with Crippen molar-refractivity contribution < 1.29 is 14.3 Å². The van der Waals surface area contributed by atoms with E-state index >= 15 is 0 Å². The van der Waals surface area contributed by atoms with E-state index in [0.29, 0.717) is 21.9 Å². The van der Waals surface area contributed by atoms with Gasteiger partial charge in [-0.05, 0) is 49.4 Å². The van der Waals surface area contributed by atoms with Gasteiger partial charge in [0.25, 0.3) is 5.91 Å². The number of nitrogens with one attached hydrogen (secondary N) is 1. The Morgan fingerprint density at radius 1 is 1.10 bits per heavy atom. The van der Waals surface area contributed by atoms with Gasteiger partial charge in [0.15, 0.2) is 6.61 Å². The van der Waals surface area contributed by atoms with Crippen molar-refractivity contribution >= 4 is 40.3 Å². The Kier molecular flexibility index (Phi) is 5.45. The van der Waals surface area contributed by atoms with Crippen LogP contribution in [0.15, 0.2) is 66.9 Å². The first-order valence-electron chi connectivity index (χ1n) is 9.14. The van der Waals surface area contributed by atoms with Gasteiger partial charge in [0.2, 0.25) is 0 Å². The van der Waals surface area contributed by atoms with E-state index in [-0.39, 0.29) is 0 Å². The molecule has 2 aromatic carbocycles. The molecule has 0 spiro atoms. The number of halogens is 1. The predicted molar refractivity (Wildman–Crippen MR) is 114 cm³/mol. The summed E-state index contributed by atoms with van der Waals surface area (Å²) in [5, 5.41) is 2.99. The number of rotatable bonds is 5. The summed E-state index contributed by atoms with van der Waals surface area (Å²) >= 11 is 5.76. The van der Waals surface area contributed by atoms with Crippen LogP contribution in [-0.2, 0) is 9.53 Å². The molecule has 0 fully saturated rings. The van der Waals surface area contributed by atoms with E-state index in [4.69, 9.17) is 16.3 Å². The number of esters is 1. The number of ether oxygens (including phenoxy) is 1. The minimum absolute atomic E-state index is 0.317. The van der Waals surface area contributed by atoms with E-state index in [1.807, 2.05) is 47.9 Å². The van der Waals surface area contributed by atoms with E-state index in [1.165, 1.54) is 6.20 Å². The highest BCUT2D eigenvalue weighted by Crippen LogP contribution is 2.22. The fourth-order valence-corrected chi connectivity index (χ4v) is 3.19. The van der Waals surface area contributed by atoms with Crippen LogP contribution in [0.5, 0.6) is 0 Å². The minimum atomic E-state index is -0.608. The number of hydrogen-bond acceptors (Lipinski definition) is 5. The first kappa shape index (κ1) is 19.6. The highest BCUT2D eigenvalue weighted by molar-refractivity contribution is 6.30. The van der Waals surface area contributed by atoms with Crippen molar-refractivity contribution in [1.29, 1.82) is 0 Å². The average molecular weight is 421 g/mol. The van der Waals surface area contributed by atoms with Crippen molar-refractivity contribution in [3.8, 4) is 5.69 Å². The van der Waals surface area contributed by atoms with Crippen molar-refractivity contribution in [2.45, 2.75) is 6.92 Å². The van der Waals surface area contributed by atoms with Crippen LogP contribution in [0.4, 0.5) is 5.82 Å². The Labute approximate surface area is 177 Å². The van der Waals surface area contributed by atoms with Gasteiger partial charge in [0.05, 0.1) is 21.6 Å². The van der Waals surface area contributed by atoms with E-state index < -0.39 is 18.5 Å². The van der Waals surface area contributed by atoms with Gasteiger partial charge in [-0.1, -0.05) is 29.8 Å². The van der Waals surface area contributed by atoms with Gasteiger partial charge in [-0.2, -0.15) is 0 Å². The lowest BCUT2D eigenvalue weighted by Crippen LogP contribution is -2.21. The zero-order chi connectivity index (χ0) is 21.1. The Morgan fingerprint density at radius 3 is 2.63 bits per heavy atom. The van der Waals surface area contributed by atoms with E-state index in [1.54, 1.807) is 24.3 Å².